The average molecular weight is 247 g/mol. The fourth-order valence-corrected chi connectivity index (χ4v) is 2.24. The molecule has 0 saturated heterocycles. The van der Waals surface area contributed by atoms with Gasteiger partial charge in [0.05, 0.1) is 0 Å². The molecule has 6 heteroatoms. The molecular formula is C6H3BrN2O2S. The number of nitrogens with one attached hydrogen (secondary N) is 1. The minimum atomic E-state index is -0.537. The SMILES string of the molecule is O=c1[nH]nc(-c2sccc2Br)o1. The molecule has 0 amide bonds. The molecule has 62 valence electrons. The van der Waals surface area contributed by atoms with Crippen molar-refractivity contribution in [2.75, 3.05) is 0 Å². The molecule has 2 aromatic rings. The Balaban J connectivity index is 2.57. The molecule has 1 N–H and O–H groups in total. The molecule has 0 saturated carbocycles. The van der Waals surface area contributed by atoms with Gasteiger partial charge in [-0.3, -0.25) is 0 Å². The quantitative estimate of drug-likeness (QED) is 0.836. The lowest BCUT2D eigenvalue weighted by Gasteiger charge is -1.86. The Kier molecular flexibility index (Phi) is 1.86. The van der Waals surface area contributed by atoms with Gasteiger partial charge >= 0.3 is 5.76 Å². The Bertz CT molecular complexity index is 444. The Hall–Kier alpha value is -0.880. The smallest absolute Gasteiger partial charge is 0.387 e. The lowest BCUT2D eigenvalue weighted by Crippen LogP contribution is -1.93. The second-order valence-corrected chi connectivity index (χ2v) is 3.79. The summed E-state index contributed by atoms with van der Waals surface area (Å²) >= 11 is 4.76. The molecular weight excluding hydrogens is 244 g/mol. The van der Waals surface area contributed by atoms with Gasteiger partial charge in [-0.05, 0) is 27.4 Å². The van der Waals surface area contributed by atoms with Crippen molar-refractivity contribution in [3.05, 3.63) is 26.5 Å². The van der Waals surface area contributed by atoms with Gasteiger partial charge in [-0.15, -0.1) is 16.4 Å². The lowest BCUT2D eigenvalue weighted by atomic mass is 10.5. The summed E-state index contributed by atoms with van der Waals surface area (Å²) in [6.45, 7) is 0. The number of halogens is 1. The van der Waals surface area contributed by atoms with Crippen LogP contribution in [0.4, 0.5) is 0 Å². The molecule has 2 aromatic heterocycles. The number of hydrogen-bond acceptors (Lipinski definition) is 4. The maximum Gasteiger partial charge on any atom is 0.434 e. The van der Waals surface area contributed by atoms with E-state index < -0.39 is 5.76 Å². The van der Waals surface area contributed by atoms with Crippen LogP contribution in [0.15, 0.2) is 25.1 Å². The van der Waals surface area contributed by atoms with Gasteiger partial charge in [-0.2, -0.15) is 0 Å². The molecule has 0 aromatic carbocycles. The Labute approximate surface area is 79.4 Å². The van der Waals surface area contributed by atoms with Crippen molar-refractivity contribution >= 4 is 27.3 Å². The van der Waals surface area contributed by atoms with Gasteiger partial charge in [0.2, 0.25) is 0 Å². The molecule has 2 rings (SSSR count). The van der Waals surface area contributed by atoms with Gasteiger partial charge in [-0.1, -0.05) is 0 Å². The van der Waals surface area contributed by atoms with Crippen molar-refractivity contribution in [2.45, 2.75) is 0 Å². The molecule has 2 heterocycles. The molecule has 0 aliphatic carbocycles. The zero-order chi connectivity index (χ0) is 8.55. The topological polar surface area (TPSA) is 58.9 Å². The minimum Gasteiger partial charge on any atom is -0.387 e. The molecule has 0 bridgehead atoms. The van der Waals surface area contributed by atoms with E-state index in [0.29, 0.717) is 5.89 Å². The van der Waals surface area contributed by atoms with Crippen molar-refractivity contribution in [3.63, 3.8) is 0 Å². The summed E-state index contributed by atoms with van der Waals surface area (Å²) in [4.78, 5) is 11.4. The van der Waals surface area contributed by atoms with E-state index in [1.54, 1.807) is 0 Å². The van der Waals surface area contributed by atoms with Crippen molar-refractivity contribution < 1.29 is 4.42 Å². The number of aromatic nitrogens is 2. The molecule has 0 aliphatic heterocycles. The van der Waals surface area contributed by atoms with Gasteiger partial charge in [0.1, 0.15) is 4.88 Å². The maximum absolute atomic E-state index is 10.6. The van der Waals surface area contributed by atoms with E-state index in [1.165, 1.54) is 11.3 Å². The molecule has 0 aliphatic rings. The summed E-state index contributed by atoms with van der Waals surface area (Å²) < 4.78 is 5.64. The van der Waals surface area contributed by atoms with E-state index >= 15 is 0 Å². The van der Waals surface area contributed by atoms with E-state index in [-0.39, 0.29) is 0 Å². The number of nitrogens with zero attached hydrogens (tertiary/aromatic N) is 1. The molecule has 0 radical (unpaired) electrons. The van der Waals surface area contributed by atoms with Gasteiger partial charge in [0.25, 0.3) is 5.89 Å². The number of hydrogen-bond donors (Lipinski definition) is 1. The van der Waals surface area contributed by atoms with Crippen molar-refractivity contribution in [3.8, 4) is 10.8 Å². The van der Waals surface area contributed by atoms with E-state index in [0.717, 1.165) is 9.35 Å². The van der Waals surface area contributed by atoms with Crippen LogP contribution >= 0.6 is 27.3 Å². The summed E-state index contributed by atoms with van der Waals surface area (Å²) in [5.74, 6) is -0.216. The van der Waals surface area contributed by atoms with Gasteiger partial charge in [-0.25, -0.2) is 9.89 Å². The van der Waals surface area contributed by atoms with Crippen LogP contribution in [0.2, 0.25) is 0 Å². The highest BCUT2D eigenvalue weighted by Crippen LogP contribution is 2.30. The highest BCUT2D eigenvalue weighted by atomic mass is 79.9. The molecule has 0 atom stereocenters. The summed E-state index contributed by atoms with van der Waals surface area (Å²) in [5, 5.41) is 7.78. The first-order valence-electron chi connectivity index (χ1n) is 3.06. The molecule has 12 heavy (non-hydrogen) atoms. The number of rotatable bonds is 1. The third-order valence-electron chi connectivity index (χ3n) is 1.25. The Morgan fingerprint density at radius 1 is 1.67 bits per heavy atom. The van der Waals surface area contributed by atoms with Gasteiger partial charge in [0, 0.05) is 4.47 Å². The highest BCUT2D eigenvalue weighted by molar-refractivity contribution is 9.10. The number of thiophene rings is 1. The van der Waals surface area contributed by atoms with Crippen molar-refractivity contribution in [1.29, 1.82) is 0 Å². The molecule has 0 fully saturated rings. The average Bonchev–Trinajstić information content (AvgIpc) is 2.58. The molecule has 0 unspecified atom stereocenters. The zero-order valence-corrected chi connectivity index (χ0v) is 8.11. The van der Waals surface area contributed by atoms with E-state index in [9.17, 15) is 4.79 Å². The predicted octanol–water partition coefficient (Wildman–Crippen LogP) is 1.85. The van der Waals surface area contributed by atoms with Gasteiger partial charge < -0.3 is 4.42 Å². The van der Waals surface area contributed by atoms with Crippen LogP contribution < -0.4 is 5.76 Å². The highest BCUT2D eigenvalue weighted by Gasteiger charge is 2.09. The van der Waals surface area contributed by atoms with Crippen molar-refractivity contribution in [2.24, 2.45) is 0 Å². The third kappa shape index (κ3) is 1.23. The van der Waals surface area contributed by atoms with Gasteiger partial charge in [0.15, 0.2) is 0 Å². The Morgan fingerprint density at radius 3 is 3.00 bits per heavy atom. The monoisotopic (exact) mass is 246 g/mol. The molecule has 4 nitrogen and oxygen atoms in total. The summed E-state index contributed by atoms with van der Waals surface area (Å²) in [5.41, 5.74) is 0. The van der Waals surface area contributed by atoms with Crippen LogP contribution in [0.1, 0.15) is 0 Å². The van der Waals surface area contributed by atoms with Crippen LogP contribution in [-0.2, 0) is 0 Å². The van der Waals surface area contributed by atoms with E-state index in [1.807, 2.05) is 11.4 Å². The van der Waals surface area contributed by atoms with Crippen LogP contribution in [0.25, 0.3) is 10.8 Å². The standard InChI is InChI=1S/C6H3BrN2O2S/c7-3-1-2-12-4(3)5-8-9-6(10)11-5/h1-2H,(H,9,10). The summed E-state index contributed by atoms with van der Waals surface area (Å²) in [7, 11) is 0. The first kappa shape index (κ1) is 7.75. The van der Waals surface area contributed by atoms with Crippen molar-refractivity contribution in [1.82, 2.24) is 10.2 Å². The largest absolute Gasteiger partial charge is 0.434 e. The first-order chi connectivity index (χ1) is 5.77. The molecule has 0 spiro atoms. The zero-order valence-electron chi connectivity index (χ0n) is 5.70. The normalized spacial score (nSPS) is 10.4. The van der Waals surface area contributed by atoms with Crippen LogP contribution in [0.3, 0.4) is 0 Å². The third-order valence-corrected chi connectivity index (χ3v) is 3.08. The van der Waals surface area contributed by atoms with E-state index in [4.69, 9.17) is 4.42 Å². The summed E-state index contributed by atoms with van der Waals surface area (Å²) in [6, 6.07) is 1.87. The first-order valence-corrected chi connectivity index (χ1v) is 4.73. The fraction of sp³-hybridized carbons (Fsp3) is 0. The second-order valence-electron chi connectivity index (χ2n) is 2.02. The number of aromatic amines is 1. The number of H-pyrrole nitrogens is 1. The van der Waals surface area contributed by atoms with Crippen LogP contribution in [-0.4, -0.2) is 10.2 Å². The predicted molar refractivity (Wildman–Crippen MR) is 48.1 cm³/mol. The van der Waals surface area contributed by atoms with Crippen LogP contribution in [0, 0.1) is 0 Å². The van der Waals surface area contributed by atoms with E-state index in [2.05, 4.69) is 26.1 Å². The fourth-order valence-electron chi connectivity index (χ4n) is 0.773. The minimum absolute atomic E-state index is 0.321. The van der Waals surface area contributed by atoms with Crippen LogP contribution in [0.5, 0.6) is 0 Å². The lowest BCUT2D eigenvalue weighted by molar-refractivity contribution is 0.528. The maximum atomic E-state index is 10.6. The summed E-state index contributed by atoms with van der Waals surface area (Å²) in [6.07, 6.45) is 0. The second kappa shape index (κ2) is 2.87. The Morgan fingerprint density at radius 2 is 2.50 bits per heavy atom.